The predicted octanol–water partition coefficient (Wildman–Crippen LogP) is 4.02. The van der Waals surface area contributed by atoms with Crippen LogP contribution in [0.5, 0.6) is 0 Å². The van der Waals surface area contributed by atoms with Crippen molar-refractivity contribution in [2.45, 2.75) is 6.54 Å². The Kier molecular flexibility index (Phi) is 6.27. The summed E-state index contributed by atoms with van der Waals surface area (Å²) in [6, 6.07) is 17.9. The molecule has 3 N–H and O–H groups in total. The van der Waals surface area contributed by atoms with E-state index in [1.54, 1.807) is 54.8 Å². The van der Waals surface area contributed by atoms with Crippen molar-refractivity contribution >= 4 is 39.1 Å². The van der Waals surface area contributed by atoms with Crippen molar-refractivity contribution in [3.63, 3.8) is 0 Å². The first-order valence-corrected chi connectivity index (χ1v) is 9.10. The van der Waals surface area contributed by atoms with Crippen LogP contribution in [0.3, 0.4) is 0 Å². The molecule has 1 heterocycles. The van der Waals surface area contributed by atoms with E-state index in [9.17, 15) is 9.59 Å². The summed E-state index contributed by atoms with van der Waals surface area (Å²) >= 11 is 3.35. The normalized spacial score (nSPS) is 10.3. The second-order valence-corrected chi connectivity index (χ2v) is 6.63. The number of anilines is 2. The van der Waals surface area contributed by atoms with Crippen LogP contribution in [0.1, 0.15) is 16.1 Å². The number of furan rings is 1. The minimum absolute atomic E-state index is 0.0402. The number of carbonyl (C=O) groups excluding carboxylic acids is 2. The third kappa shape index (κ3) is 5.46. The van der Waals surface area contributed by atoms with Gasteiger partial charge >= 0.3 is 0 Å². The fourth-order valence-electron chi connectivity index (χ4n) is 2.42. The van der Waals surface area contributed by atoms with Gasteiger partial charge in [0.05, 0.1) is 24.9 Å². The van der Waals surface area contributed by atoms with Gasteiger partial charge in [0.25, 0.3) is 5.91 Å². The van der Waals surface area contributed by atoms with E-state index in [4.69, 9.17) is 4.42 Å². The van der Waals surface area contributed by atoms with Crippen molar-refractivity contribution in [2.75, 3.05) is 17.2 Å². The molecule has 0 unspecified atom stereocenters. The lowest BCUT2D eigenvalue weighted by Crippen LogP contribution is -2.26. The molecule has 6 nitrogen and oxygen atoms in total. The van der Waals surface area contributed by atoms with Crippen LogP contribution in [0.2, 0.25) is 0 Å². The average molecular weight is 428 g/mol. The first kappa shape index (κ1) is 18.7. The zero-order valence-electron chi connectivity index (χ0n) is 14.4. The lowest BCUT2D eigenvalue weighted by Gasteiger charge is -2.12. The van der Waals surface area contributed by atoms with Gasteiger partial charge in [0.2, 0.25) is 5.91 Å². The standard InChI is InChI=1S/C20H18BrN3O3/c21-14-7-9-15(10-8-14)24-19(25)13-22-18-6-2-1-5-17(18)20(26)23-12-16-4-3-11-27-16/h1-11,22H,12-13H2,(H,23,26)(H,24,25). The Bertz CT molecular complexity index is 908. The van der Waals surface area contributed by atoms with Gasteiger partial charge in [-0.3, -0.25) is 9.59 Å². The molecule has 0 atom stereocenters. The second-order valence-electron chi connectivity index (χ2n) is 5.72. The van der Waals surface area contributed by atoms with Crippen molar-refractivity contribution < 1.29 is 14.0 Å². The maximum atomic E-state index is 12.4. The molecular formula is C20H18BrN3O3. The molecule has 0 aliphatic rings. The topological polar surface area (TPSA) is 83.4 Å². The Morgan fingerprint density at radius 3 is 2.48 bits per heavy atom. The predicted molar refractivity (Wildman–Crippen MR) is 108 cm³/mol. The van der Waals surface area contributed by atoms with Crippen LogP contribution < -0.4 is 16.0 Å². The molecule has 0 radical (unpaired) electrons. The number of halogens is 1. The van der Waals surface area contributed by atoms with Gasteiger partial charge in [0, 0.05) is 15.8 Å². The number of benzene rings is 2. The molecule has 27 heavy (non-hydrogen) atoms. The van der Waals surface area contributed by atoms with E-state index < -0.39 is 0 Å². The van der Waals surface area contributed by atoms with Crippen LogP contribution in [0.25, 0.3) is 0 Å². The minimum atomic E-state index is -0.247. The molecule has 3 aromatic rings. The highest BCUT2D eigenvalue weighted by Gasteiger charge is 2.12. The van der Waals surface area contributed by atoms with Gasteiger partial charge in [0.1, 0.15) is 5.76 Å². The molecule has 0 fully saturated rings. The van der Waals surface area contributed by atoms with Gasteiger partial charge in [-0.15, -0.1) is 0 Å². The third-order valence-electron chi connectivity index (χ3n) is 3.74. The highest BCUT2D eigenvalue weighted by atomic mass is 79.9. The van der Waals surface area contributed by atoms with E-state index in [2.05, 4.69) is 31.9 Å². The van der Waals surface area contributed by atoms with Crippen LogP contribution in [0.4, 0.5) is 11.4 Å². The van der Waals surface area contributed by atoms with Gasteiger partial charge < -0.3 is 20.4 Å². The van der Waals surface area contributed by atoms with Gasteiger partial charge in [0.15, 0.2) is 0 Å². The van der Waals surface area contributed by atoms with Crippen LogP contribution in [-0.2, 0) is 11.3 Å². The Morgan fingerprint density at radius 1 is 0.963 bits per heavy atom. The molecule has 2 amide bonds. The quantitative estimate of drug-likeness (QED) is 0.531. The molecule has 2 aromatic carbocycles. The zero-order chi connectivity index (χ0) is 19.1. The van der Waals surface area contributed by atoms with E-state index in [1.165, 1.54) is 0 Å². The van der Waals surface area contributed by atoms with Crippen LogP contribution in [0, 0.1) is 0 Å². The lowest BCUT2D eigenvalue weighted by molar-refractivity contribution is -0.114. The Hall–Kier alpha value is -3.06. The number of amides is 2. The molecular weight excluding hydrogens is 410 g/mol. The summed E-state index contributed by atoms with van der Waals surface area (Å²) in [4.78, 5) is 24.6. The van der Waals surface area contributed by atoms with Crippen molar-refractivity contribution in [1.29, 1.82) is 0 Å². The summed E-state index contributed by atoms with van der Waals surface area (Å²) in [5, 5.41) is 8.61. The number of hydrogen-bond acceptors (Lipinski definition) is 4. The van der Waals surface area contributed by atoms with E-state index in [0.29, 0.717) is 29.2 Å². The third-order valence-corrected chi connectivity index (χ3v) is 4.27. The van der Waals surface area contributed by atoms with Gasteiger partial charge in [-0.05, 0) is 48.5 Å². The van der Waals surface area contributed by atoms with Gasteiger partial charge in [-0.25, -0.2) is 0 Å². The average Bonchev–Trinajstić information content (AvgIpc) is 3.20. The van der Waals surface area contributed by atoms with E-state index in [-0.39, 0.29) is 18.4 Å². The highest BCUT2D eigenvalue weighted by molar-refractivity contribution is 9.10. The van der Waals surface area contributed by atoms with Gasteiger partial charge in [-0.2, -0.15) is 0 Å². The molecule has 0 aliphatic heterocycles. The summed E-state index contributed by atoms with van der Waals surface area (Å²) in [5.74, 6) is 0.216. The van der Waals surface area contributed by atoms with E-state index >= 15 is 0 Å². The molecule has 1 aromatic heterocycles. The maximum absolute atomic E-state index is 12.4. The summed E-state index contributed by atoms with van der Waals surface area (Å²) in [5.41, 5.74) is 1.75. The first-order chi connectivity index (χ1) is 13.1. The van der Waals surface area contributed by atoms with Crippen LogP contribution in [0.15, 0.2) is 75.8 Å². The number of nitrogens with one attached hydrogen (secondary N) is 3. The first-order valence-electron chi connectivity index (χ1n) is 8.31. The number of rotatable bonds is 7. The smallest absolute Gasteiger partial charge is 0.253 e. The fraction of sp³-hybridized carbons (Fsp3) is 0.100. The lowest BCUT2D eigenvalue weighted by atomic mass is 10.1. The van der Waals surface area contributed by atoms with Gasteiger partial charge in [-0.1, -0.05) is 28.1 Å². The zero-order valence-corrected chi connectivity index (χ0v) is 16.0. The summed E-state index contributed by atoms with van der Waals surface area (Å²) in [7, 11) is 0. The van der Waals surface area contributed by atoms with Crippen molar-refractivity contribution in [3.8, 4) is 0 Å². The highest BCUT2D eigenvalue weighted by Crippen LogP contribution is 2.16. The molecule has 0 spiro atoms. The Morgan fingerprint density at radius 2 is 1.74 bits per heavy atom. The SMILES string of the molecule is O=C(CNc1ccccc1C(=O)NCc1ccco1)Nc1ccc(Br)cc1. The molecule has 7 heteroatoms. The van der Waals surface area contributed by atoms with Crippen molar-refractivity contribution in [2.24, 2.45) is 0 Å². The fourth-order valence-corrected chi connectivity index (χ4v) is 2.69. The number of carbonyl (C=O) groups is 2. The summed E-state index contributed by atoms with van der Waals surface area (Å²) in [6.07, 6.45) is 1.56. The monoisotopic (exact) mass is 427 g/mol. The Balaban J connectivity index is 1.57. The summed E-state index contributed by atoms with van der Waals surface area (Å²) < 4.78 is 6.14. The largest absolute Gasteiger partial charge is 0.467 e. The maximum Gasteiger partial charge on any atom is 0.253 e. The van der Waals surface area contributed by atoms with Crippen molar-refractivity contribution in [1.82, 2.24) is 5.32 Å². The molecule has 0 saturated heterocycles. The van der Waals surface area contributed by atoms with Crippen LogP contribution >= 0.6 is 15.9 Å². The second kappa shape index (κ2) is 9.05. The summed E-state index contributed by atoms with van der Waals surface area (Å²) in [6.45, 7) is 0.336. The molecule has 0 saturated carbocycles. The van der Waals surface area contributed by atoms with E-state index in [0.717, 1.165) is 4.47 Å². The molecule has 0 aliphatic carbocycles. The number of para-hydroxylation sites is 1. The van der Waals surface area contributed by atoms with Crippen molar-refractivity contribution in [3.05, 3.63) is 82.7 Å². The van der Waals surface area contributed by atoms with E-state index in [1.807, 2.05) is 12.1 Å². The Labute approximate surface area is 165 Å². The van der Waals surface area contributed by atoms with Crippen LogP contribution in [-0.4, -0.2) is 18.4 Å². The molecule has 138 valence electrons. The minimum Gasteiger partial charge on any atom is -0.467 e. The molecule has 0 bridgehead atoms. The number of hydrogen-bond donors (Lipinski definition) is 3. The molecule has 3 rings (SSSR count).